The molecule has 0 aliphatic rings. The number of halogens is 1. The topological polar surface area (TPSA) is 67.4 Å². The summed E-state index contributed by atoms with van der Waals surface area (Å²) in [7, 11) is 1.54. The van der Waals surface area contributed by atoms with E-state index in [0.29, 0.717) is 5.75 Å². The number of rotatable bonds is 4. The lowest BCUT2D eigenvalue weighted by molar-refractivity contribution is -0.121. The van der Waals surface area contributed by atoms with Gasteiger partial charge in [0.05, 0.1) is 19.1 Å². The zero-order chi connectivity index (χ0) is 15.9. The summed E-state index contributed by atoms with van der Waals surface area (Å²) in [5, 5.41) is 0. The van der Waals surface area contributed by atoms with Crippen LogP contribution in [0.1, 0.15) is 15.9 Å². The van der Waals surface area contributed by atoms with Crippen LogP contribution in [0.3, 0.4) is 0 Å². The van der Waals surface area contributed by atoms with Gasteiger partial charge in [-0.1, -0.05) is 24.3 Å². The van der Waals surface area contributed by atoms with Crippen molar-refractivity contribution in [1.29, 1.82) is 0 Å². The Balaban J connectivity index is 1.90. The maximum absolute atomic E-state index is 13.4. The molecule has 2 aromatic carbocycles. The number of methoxy groups -OCH3 is 1. The van der Waals surface area contributed by atoms with Gasteiger partial charge in [-0.2, -0.15) is 0 Å². The van der Waals surface area contributed by atoms with E-state index in [2.05, 4.69) is 10.9 Å². The monoisotopic (exact) mass is 302 g/mol. The molecular weight excluding hydrogens is 287 g/mol. The van der Waals surface area contributed by atoms with E-state index in [-0.39, 0.29) is 12.0 Å². The van der Waals surface area contributed by atoms with Crippen molar-refractivity contribution in [2.45, 2.75) is 6.42 Å². The van der Waals surface area contributed by atoms with Crippen molar-refractivity contribution in [2.75, 3.05) is 7.11 Å². The fraction of sp³-hybridized carbons (Fsp3) is 0.125. The van der Waals surface area contributed by atoms with Crippen molar-refractivity contribution in [2.24, 2.45) is 0 Å². The van der Waals surface area contributed by atoms with E-state index in [1.54, 1.807) is 24.3 Å². The summed E-state index contributed by atoms with van der Waals surface area (Å²) in [5.41, 5.74) is 5.03. The summed E-state index contributed by atoms with van der Waals surface area (Å²) in [6, 6.07) is 12.5. The Kier molecular flexibility index (Phi) is 5.08. The minimum absolute atomic E-state index is 0.0642. The molecule has 0 bridgehead atoms. The van der Waals surface area contributed by atoms with Crippen molar-refractivity contribution in [3.05, 3.63) is 65.5 Å². The Morgan fingerprint density at radius 2 is 1.86 bits per heavy atom. The van der Waals surface area contributed by atoms with Crippen LogP contribution in [0.15, 0.2) is 48.5 Å². The van der Waals surface area contributed by atoms with Crippen LogP contribution < -0.4 is 15.6 Å². The molecule has 0 aliphatic carbocycles. The molecule has 5 nitrogen and oxygen atoms in total. The summed E-state index contributed by atoms with van der Waals surface area (Å²) < 4.78 is 18.5. The highest BCUT2D eigenvalue weighted by molar-refractivity contribution is 5.95. The first kappa shape index (κ1) is 15.5. The van der Waals surface area contributed by atoms with Crippen LogP contribution in [0.4, 0.5) is 4.39 Å². The molecule has 2 N–H and O–H groups in total. The molecule has 114 valence electrons. The molecule has 2 rings (SSSR count). The fourth-order valence-corrected chi connectivity index (χ4v) is 1.85. The van der Waals surface area contributed by atoms with Crippen molar-refractivity contribution in [1.82, 2.24) is 10.9 Å². The molecule has 2 aromatic rings. The van der Waals surface area contributed by atoms with Gasteiger partial charge in [-0.3, -0.25) is 20.4 Å². The summed E-state index contributed by atoms with van der Waals surface area (Å²) >= 11 is 0. The first-order valence-electron chi connectivity index (χ1n) is 6.57. The number of amides is 2. The molecule has 0 radical (unpaired) electrons. The second-order valence-corrected chi connectivity index (χ2v) is 4.51. The Bertz CT molecular complexity index is 689. The zero-order valence-corrected chi connectivity index (χ0v) is 11.9. The highest BCUT2D eigenvalue weighted by Crippen LogP contribution is 2.12. The molecule has 2 amide bonds. The molecular formula is C16H15FN2O3. The van der Waals surface area contributed by atoms with Gasteiger partial charge in [-0.15, -0.1) is 0 Å². The SMILES string of the molecule is COc1cccc(CC(=O)NNC(=O)c2ccccc2F)c1. The molecule has 0 saturated carbocycles. The molecule has 0 saturated heterocycles. The normalized spacial score (nSPS) is 9.91. The van der Waals surface area contributed by atoms with Crippen LogP contribution >= 0.6 is 0 Å². The predicted octanol–water partition coefficient (Wildman–Crippen LogP) is 1.84. The highest BCUT2D eigenvalue weighted by Gasteiger charge is 2.11. The quantitative estimate of drug-likeness (QED) is 0.847. The van der Waals surface area contributed by atoms with Gasteiger partial charge in [0.15, 0.2) is 0 Å². The van der Waals surface area contributed by atoms with Crippen LogP contribution in [0.25, 0.3) is 0 Å². The molecule has 22 heavy (non-hydrogen) atoms. The number of carbonyl (C=O) groups excluding carboxylic acids is 2. The molecule has 0 aromatic heterocycles. The first-order chi connectivity index (χ1) is 10.6. The van der Waals surface area contributed by atoms with E-state index in [1.165, 1.54) is 31.4 Å². The van der Waals surface area contributed by atoms with E-state index in [0.717, 1.165) is 5.56 Å². The Hall–Kier alpha value is -2.89. The van der Waals surface area contributed by atoms with Gasteiger partial charge in [0, 0.05) is 0 Å². The number of nitrogens with one attached hydrogen (secondary N) is 2. The Labute approximate surface area is 127 Å². The van der Waals surface area contributed by atoms with E-state index >= 15 is 0 Å². The van der Waals surface area contributed by atoms with Gasteiger partial charge >= 0.3 is 0 Å². The van der Waals surface area contributed by atoms with Crippen molar-refractivity contribution < 1.29 is 18.7 Å². The molecule has 0 unspecified atom stereocenters. The molecule has 0 aliphatic heterocycles. The molecule has 0 atom stereocenters. The van der Waals surface area contributed by atoms with Gasteiger partial charge in [0.1, 0.15) is 11.6 Å². The van der Waals surface area contributed by atoms with Gasteiger partial charge in [-0.25, -0.2) is 4.39 Å². The van der Waals surface area contributed by atoms with Crippen LogP contribution in [0.5, 0.6) is 5.75 Å². The molecule has 6 heteroatoms. The predicted molar refractivity (Wildman–Crippen MR) is 78.7 cm³/mol. The third-order valence-corrected chi connectivity index (χ3v) is 2.93. The van der Waals surface area contributed by atoms with E-state index in [9.17, 15) is 14.0 Å². The average Bonchev–Trinajstić information content (AvgIpc) is 2.53. The minimum Gasteiger partial charge on any atom is -0.497 e. The third kappa shape index (κ3) is 4.05. The van der Waals surface area contributed by atoms with E-state index < -0.39 is 17.6 Å². The second kappa shape index (κ2) is 7.21. The highest BCUT2D eigenvalue weighted by atomic mass is 19.1. The summed E-state index contributed by atoms with van der Waals surface area (Å²) in [6.45, 7) is 0. The van der Waals surface area contributed by atoms with Crippen LogP contribution in [0.2, 0.25) is 0 Å². The lowest BCUT2D eigenvalue weighted by Gasteiger charge is -2.08. The molecule has 0 spiro atoms. The van der Waals surface area contributed by atoms with E-state index in [4.69, 9.17) is 4.74 Å². The summed E-state index contributed by atoms with van der Waals surface area (Å²) in [4.78, 5) is 23.5. The van der Waals surface area contributed by atoms with Crippen molar-refractivity contribution in [3.63, 3.8) is 0 Å². The van der Waals surface area contributed by atoms with Gasteiger partial charge in [-0.05, 0) is 29.8 Å². The lowest BCUT2D eigenvalue weighted by atomic mass is 10.1. The maximum atomic E-state index is 13.4. The van der Waals surface area contributed by atoms with Crippen LogP contribution in [-0.2, 0) is 11.2 Å². The minimum atomic E-state index is -0.711. The number of hydrogen-bond acceptors (Lipinski definition) is 3. The first-order valence-corrected chi connectivity index (χ1v) is 6.57. The largest absolute Gasteiger partial charge is 0.497 e. The lowest BCUT2D eigenvalue weighted by Crippen LogP contribution is -2.42. The Morgan fingerprint density at radius 1 is 1.09 bits per heavy atom. The van der Waals surface area contributed by atoms with Gasteiger partial charge in [0.2, 0.25) is 5.91 Å². The fourth-order valence-electron chi connectivity index (χ4n) is 1.85. The number of hydrazine groups is 1. The third-order valence-electron chi connectivity index (χ3n) is 2.93. The number of hydrogen-bond donors (Lipinski definition) is 2. The molecule has 0 fully saturated rings. The zero-order valence-electron chi connectivity index (χ0n) is 11.9. The van der Waals surface area contributed by atoms with Gasteiger partial charge in [0.25, 0.3) is 5.91 Å². The standard InChI is InChI=1S/C16H15FN2O3/c1-22-12-6-4-5-11(9-12)10-15(20)18-19-16(21)13-7-2-3-8-14(13)17/h2-9H,10H2,1H3,(H,18,20)(H,19,21). The van der Waals surface area contributed by atoms with Gasteiger partial charge < -0.3 is 4.74 Å². The number of ether oxygens (including phenoxy) is 1. The van der Waals surface area contributed by atoms with Crippen LogP contribution in [0, 0.1) is 5.82 Å². The Morgan fingerprint density at radius 3 is 2.59 bits per heavy atom. The van der Waals surface area contributed by atoms with E-state index in [1.807, 2.05) is 0 Å². The summed E-state index contributed by atoms with van der Waals surface area (Å²) in [6.07, 6.45) is 0.0642. The smallest absolute Gasteiger partial charge is 0.272 e. The number of carbonyl (C=O) groups is 2. The van der Waals surface area contributed by atoms with Crippen LogP contribution in [-0.4, -0.2) is 18.9 Å². The summed E-state index contributed by atoms with van der Waals surface area (Å²) in [5.74, 6) is -1.14. The van der Waals surface area contributed by atoms with Crippen molar-refractivity contribution in [3.8, 4) is 5.75 Å². The molecule has 0 heterocycles. The average molecular weight is 302 g/mol. The van der Waals surface area contributed by atoms with Crippen molar-refractivity contribution >= 4 is 11.8 Å². The maximum Gasteiger partial charge on any atom is 0.272 e. The number of benzene rings is 2. The second-order valence-electron chi connectivity index (χ2n) is 4.51.